The second-order valence-corrected chi connectivity index (χ2v) is 8.35. The molecule has 14 heteroatoms. The van der Waals surface area contributed by atoms with Crippen molar-refractivity contribution in [2.75, 3.05) is 24.3 Å². The van der Waals surface area contributed by atoms with Crippen LogP contribution in [0.3, 0.4) is 0 Å². The first kappa shape index (κ1) is 22.6. The lowest BCUT2D eigenvalue weighted by molar-refractivity contribution is -0.385. The van der Waals surface area contributed by atoms with Crippen molar-refractivity contribution in [3.8, 4) is 11.8 Å². The standard InChI is InChI=1S/C20H17N7O6S/c1-32-16-11-17(33-2)24-20(23-16)25-18-19(22-15-9-4-3-8-14(15)21-18)26-34(30,31)13-7-5-6-12(10-13)27(28)29/h3-11H,1-2H3,(H,22,26)(H,21,23,24,25). The summed E-state index contributed by atoms with van der Waals surface area (Å²) in [5.74, 6) is 0.221. The minimum atomic E-state index is -4.27. The van der Waals surface area contributed by atoms with Gasteiger partial charge in [0.2, 0.25) is 17.7 Å². The minimum Gasteiger partial charge on any atom is -0.481 e. The Morgan fingerprint density at radius 1 is 0.853 bits per heavy atom. The van der Waals surface area contributed by atoms with E-state index in [-0.39, 0.29) is 39.9 Å². The van der Waals surface area contributed by atoms with Crippen molar-refractivity contribution >= 4 is 44.3 Å². The number of nitrogens with zero attached hydrogens (tertiary/aromatic N) is 5. The Labute approximate surface area is 193 Å². The van der Waals surface area contributed by atoms with Crippen LogP contribution in [0.4, 0.5) is 23.3 Å². The van der Waals surface area contributed by atoms with E-state index in [0.29, 0.717) is 11.0 Å². The number of rotatable bonds is 8. The number of ether oxygens (including phenoxy) is 2. The summed E-state index contributed by atoms with van der Waals surface area (Å²) in [6.07, 6.45) is 0. The zero-order chi connectivity index (χ0) is 24.3. The average molecular weight is 483 g/mol. The molecule has 0 unspecified atom stereocenters. The number of anilines is 3. The van der Waals surface area contributed by atoms with Crippen LogP contribution < -0.4 is 19.5 Å². The van der Waals surface area contributed by atoms with Crippen molar-refractivity contribution in [2.45, 2.75) is 4.90 Å². The first-order valence-electron chi connectivity index (χ1n) is 9.57. The van der Waals surface area contributed by atoms with E-state index in [1.807, 2.05) is 0 Å². The van der Waals surface area contributed by atoms with Gasteiger partial charge in [-0.2, -0.15) is 9.97 Å². The van der Waals surface area contributed by atoms with Gasteiger partial charge < -0.3 is 14.8 Å². The summed E-state index contributed by atoms with van der Waals surface area (Å²) in [4.78, 5) is 27.2. The SMILES string of the molecule is COc1cc(OC)nc(Nc2nc3ccccc3nc2NS(=O)(=O)c2cccc([N+](=O)[O-])c2)n1. The van der Waals surface area contributed by atoms with Crippen LogP contribution in [0.5, 0.6) is 11.8 Å². The van der Waals surface area contributed by atoms with E-state index in [0.717, 1.165) is 6.07 Å². The molecule has 2 N–H and O–H groups in total. The fourth-order valence-corrected chi connectivity index (χ4v) is 3.93. The maximum Gasteiger partial charge on any atom is 0.270 e. The molecule has 0 aliphatic rings. The third-order valence-corrected chi connectivity index (χ3v) is 5.80. The summed E-state index contributed by atoms with van der Waals surface area (Å²) in [6, 6.07) is 12.9. The number of non-ortho nitro benzene ring substituents is 1. The Hall–Kier alpha value is -4.59. The third-order valence-electron chi connectivity index (χ3n) is 4.47. The highest BCUT2D eigenvalue weighted by Gasteiger charge is 2.22. The molecule has 0 fully saturated rings. The first-order chi connectivity index (χ1) is 16.3. The molecular weight excluding hydrogens is 466 g/mol. The molecule has 174 valence electrons. The second kappa shape index (κ2) is 9.11. The molecule has 0 bridgehead atoms. The lowest BCUT2D eigenvalue weighted by Gasteiger charge is -2.14. The zero-order valence-electron chi connectivity index (χ0n) is 17.8. The number of para-hydroxylation sites is 2. The fraction of sp³-hybridized carbons (Fsp3) is 0.100. The summed E-state index contributed by atoms with van der Waals surface area (Å²) in [5, 5.41) is 13.9. The Morgan fingerprint density at radius 2 is 1.47 bits per heavy atom. The quantitative estimate of drug-likeness (QED) is 0.279. The van der Waals surface area contributed by atoms with Gasteiger partial charge in [-0.3, -0.25) is 14.8 Å². The van der Waals surface area contributed by atoms with Crippen LogP contribution in [-0.4, -0.2) is 47.5 Å². The number of nitro groups is 1. The lowest BCUT2D eigenvalue weighted by Crippen LogP contribution is -2.16. The molecule has 4 aromatic rings. The van der Waals surface area contributed by atoms with E-state index in [9.17, 15) is 18.5 Å². The van der Waals surface area contributed by atoms with Gasteiger partial charge in [-0.25, -0.2) is 18.4 Å². The van der Waals surface area contributed by atoms with Crippen molar-refractivity contribution in [1.29, 1.82) is 0 Å². The van der Waals surface area contributed by atoms with Crippen LogP contribution in [0.2, 0.25) is 0 Å². The highest BCUT2D eigenvalue weighted by Crippen LogP contribution is 2.28. The molecular formula is C20H17N7O6S. The molecule has 0 saturated carbocycles. The smallest absolute Gasteiger partial charge is 0.270 e. The topological polar surface area (TPSA) is 171 Å². The monoisotopic (exact) mass is 483 g/mol. The summed E-state index contributed by atoms with van der Waals surface area (Å²) < 4.78 is 38.6. The van der Waals surface area contributed by atoms with Gasteiger partial charge in [-0.15, -0.1) is 0 Å². The Morgan fingerprint density at radius 3 is 2.06 bits per heavy atom. The van der Waals surface area contributed by atoms with Crippen LogP contribution in [0.15, 0.2) is 59.5 Å². The van der Waals surface area contributed by atoms with E-state index in [1.165, 1.54) is 38.5 Å². The molecule has 34 heavy (non-hydrogen) atoms. The van der Waals surface area contributed by atoms with Crippen molar-refractivity contribution in [3.05, 3.63) is 64.7 Å². The Balaban J connectivity index is 1.79. The number of methoxy groups -OCH3 is 2. The van der Waals surface area contributed by atoms with E-state index in [1.54, 1.807) is 24.3 Å². The number of benzene rings is 2. The van der Waals surface area contributed by atoms with Gasteiger partial charge in [0.05, 0.1) is 41.1 Å². The minimum absolute atomic E-state index is 0.0107. The molecule has 0 radical (unpaired) electrons. The number of nitrogens with one attached hydrogen (secondary N) is 2. The van der Waals surface area contributed by atoms with Gasteiger partial charge in [0, 0.05) is 12.1 Å². The molecule has 2 heterocycles. The lowest BCUT2D eigenvalue weighted by atomic mass is 10.3. The molecule has 4 rings (SSSR count). The number of nitro benzene ring substituents is 1. The maximum atomic E-state index is 13.0. The molecule has 0 spiro atoms. The normalized spacial score (nSPS) is 11.1. The van der Waals surface area contributed by atoms with Crippen LogP contribution in [0.25, 0.3) is 11.0 Å². The summed E-state index contributed by atoms with van der Waals surface area (Å²) >= 11 is 0. The molecule has 0 atom stereocenters. The molecule has 2 aromatic heterocycles. The van der Waals surface area contributed by atoms with Gasteiger partial charge in [0.25, 0.3) is 15.7 Å². The summed E-state index contributed by atoms with van der Waals surface area (Å²) in [5.41, 5.74) is 0.509. The number of fused-ring (bicyclic) bond motifs is 1. The van der Waals surface area contributed by atoms with Crippen LogP contribution in [0, 0.1) is 10.1 Å². The third kappa shape index (κ3) is 4.75. The van der Waals surface area contributed by atoms with Crippen molar-refractivity contribution in [2.24, 2.45) is 0 Å². The number of aromatic nitrogens is 4. The molecule has 13 nitrogen and oxygen atoms in total. The first-order valence-corrected chi connectivity index (χ1v) is 11.1. The van der Waals surface area contributed by atoms with Gasteiger partial charge in [0.15, 0.2) is 11.6 Å². The molecule has 0 aliphatic carbocycles. The molecule has 0 saturated heterocycles. The maximum absolute atomic E-state index is 13.0. The van der Waals surface area contributed by atoms with E-state index in [2.05, 4.69) is 30.0 Å². The zero-order valence-corrected chi connectivity index (χ0v) is 18.6. The number of hydrogen-bond donors (Lipinski definition) is 2. The fourth-order valence-electron chi connectivity index (χ4n) is 2.88. The highest BCUT2D eigenvalue weighted by molar-refractivity contribution is 7.92. The van der Waals surface area contributed by atoms with Crippen LogP contribution in [0.1, 0.15) is 0 Å². The highest BCUT2D eigenvalue weighted by atomic mass is 32.2. The second-order valence-electron chi connectivity index (χ2n) is 6.67. The van der Waals surface area contributed by atoms with Crippen LogP contribution in [-0.2, 0) is 10.0 Å². The van der Waals surface area contributed by atoms with E-state index in [4.69, 9.17) is 9.47 Å². The van der Waals surface area contributed by atoms with Crippen molar-refractivity contribution in [1.82, 2.24) is 19.9 Å². The number of sulfonamides is 1. The predicted molar refractivity (Wildman–Crippen MR) is 122 cm³/mol. The van der Waals surface area contributed by atoms with Gasteiger partial charge in [-0.05, 0) is 18.2 Å². The summed E-state index contributed by atoms with van der Waals surface area (Å²) in [7, 11) is -1.43. The van der Waals surface area contributed by atoms with Gasteiger partial charge in [0.1, 0.15) is 0 Å². The summed E-state index contributed by atoms with van der Waals surface area (Å²) in [6.45, 7) is 0. The average Bonchev–Trinajstić information content (AvgIpc) is 2.84. The molecule has 0 amide bonds. The molecule has 0 aliphatic heterocycles. The van der Waals surface area contributed by atoms with E-state index < -0.39 is 14.9 Å². The Bertz CT molecular complexity index is 1470. The predicted octanol–water partition coefficient (Wildman–Crippen LogP) is 2.89. The van der Waals surface area contributed by atoms with Crippen molar-refractivity contribution in [3.63, 3.8) is 0 Å². The largest absolute Gasteiger partial charge is 0.481 e. The van der Waals surface area contributed by atoms with Gasteiger partial charge in [-0.1, -0.05) is 18.2 Å². The van der Waals surface area contributed by atoms with E-state index >= 15 is 0 Å². The number of hydrogen-bond acceptors (Lipinski definition) is 11. The van der Waals surface area contributed by atoms with Crippen molar-refractivity contribution < 1.29 is 22.8 Å². The molecule has 2 aromatic carbocycles. The van der Waals surface area contributed by atoms with Gasteiger partial charge >= 0.3 is 0 Å². The Kier molecular flexibility index (Phi) is 6.05. The van der Waals surface area contributed by atoms with Crippen LogP contribution >= 0.6 is 0 Å².